The molecule has 0 unspecified atom stereocenters. The van der Waals surface area contributed by atoms with Crippen molar-refractivity contribution >= 4 is 17.7 Å². The zero-order valence-corrected chi connectivity index (χ0v) is 14.5. The third-order valence-electron chi connectivity index (χ3n) is 7.06. The van der Waals surface area contributed by atoms with Crippen LogP contribution >= 0.6 is 0 Å². The number of rotatable bonds is 4. The summed E-state index contributed by atoms with van der Waals surface area (Å²) in [5.41, 5.74) is 0. The Balaban J connectivity index is 1.34. The lowest BCUT2D eigenvalue weighted by atomic mass is 9.81. The van der Waals surface area contributed by atoms with Gasteiger partial charge in [-0.2, -0.15) is 0 Å². The van der Waals surface area contributed by atoms with Crippen LogP contribution in [0.5, 0.6) is 0 Å². The Morgan fingerprint density at radius 3 is 2.29 bits per heavy atom. The van der Waals surface area contributed by atoms with E-state index in [2.05, 4.69) is 12.2 Å². The average Bonchev–Trinajstić information content (AvgIpc) is 3.26. The monoisotopic (exact) mass is 332 g/mol. The third kappa shape index (κ3) is 2.66. The lowest BCUT2D eigenvalue weighted by molar-refractivity contribution is -0.143. The lowest BCUT2D eigenvalue weighted by Gasteiger charge is -2.29. The molecule has 4 rings (SSSR count). The summed E-state index contributed by atoms with van der Waals surface area (Å²) in [7, 11) is 0. The SMILES string of the molecule is C[C@H](NC(=O)CN1C(=O)[C@@H]2CCCC[C@H]2C1=O)[C@@H]1C[C@H]2CC[C@H]1C2. The van der Waals surface area contributed by atoms with E-state index >= 15 is 0 Å². The topological polar surface area (TPSA) is 66.5 Å². The molecule has 3 amide bonds. The van der Waals surface area contributed by atoms with Gasteiger partial charge in [0.1, 0.15) is 6.54 Å². The maximum Gasteiger partial charge on any atom is 0.240 e. The molecule has 2 bridgehead atoms. The Morgan fingerprint density at radius 2 is 1.75 bits per heavy atom. The fraction of sp³-hybridized carbons (Fsp3) is 0.842. The van der Waals surface area contributed by atoms with Crippen LogP contribution in [0.25, 0.3) is 0 Å². The number of amides is 3. The Kier molecular flexibility index (Phi) is 4.13. The van der Waals surface area contributed by atoms with Gasteiger partial charge in [-0.05, 0) is 56.8 Å². The molecule has 1 saturated heterocycles. The van der Waals surface area contributed by atoms with Crippen molar-refractivity contribution in [1.82, 2.24) is 10.2 Å². The summed E-state index contributed by atoms with van der Waals surface area (Å²) in [5, 5.41) is 3.07. The number of nitrogens with zero attached hydrogens (tertiary/aromatic N) is 1. The zero-order chi connectivity index (χ0) is 16.8. The van der Waals surface area contributed by atoms with E-state index in [0.29, 0.717) is 5.92 Å². The normalized spacial score (nSPS) is 39.2. The van der Waals surface area contributed by atoms with Gasteiger partial charge in [0.25, 0.3) is 0 Å². The van der Waals surface area contributed by atoms with E-state index in [4.69, 9.17) is 0 Å². The molecule has 3 saturated carbocycles. The molecule has 1 aliphatic heterocycles. The van der Waals surface area contributed by atoms with Crippen LogP contribution in [-0.2, 0) is 14.4 Å². The van der Waals surface area contributed by atoms with Gasteiger partial charge in [0.15, 0.2) is 0 Å². The van der Waals surface area contributed by atoms with Gasteiger partial charge in [0, 0.05) is 6.04 Å². The van der Waals surface area contributed by atoms with Gasteiger partial charge < -0.3 is 5.32 Å². The smallest absolute Gasteiger partial charge is 0.240 e. The summed E-state index contributed by atoms with van der Waals surface area (Å²) in [4.78, 5) is 38.6. The molecule has 6 atom stereocenters. The van der Waals surface area contributed by atoms with Crippen LogP contribution in [0.15, 0.2) is 0 Å². The standard InChI is InChI=1S/C19H28N2O3/c1-11(16-9-12-6-7-13(16)8-12)20-17(22)10-21-18(23)14-4-2-3-5-15(14)19(21)24/h11-16H,2-10H2,1H3,(H,20,22)/t11-,12-,13-,14+,15+,16-/m0/s1. The van der Waals surface area contributed by atoms with Crippen LogP contribution in [0.3, 0.4) is 0 Å². The second-order valence-corrected chi connectivity index (χ2v) is 8.45. The minimum Gasteiger partial charge on any atom is -0.352 e. The van der Waals surface area contributed by atoms with E-state index < -0.39 is 0 Å². The third-order valence-corrected chi connectivity index (χ3v) is 7.06. The predicted octanol–water partition coefficient (Wildman–Crippen LogP) is 2.10. The fourth-order valence-electron chi connectivity index (χ4n) is 5.84. The summed E-state index contributed by atoms with van der Waals surface area (Å²) in [6, 6.07) is 0.142. The van der Waals surface area contributed by atoms with Crippen LogP contribution < -0.4 is 5.32 Å². The van der Waals surface area contributed by atoms with Crippen LogP contribution in [0.2, 0.25) is 0 Å². The molecule has 24 heavy (non-hydrogen) atoms. The van der Waals surface area contributed by atoms with Gasteiger partial charge in [0.2, 0.25) is 17.7 Å². The van der Waals surface area contributed by atoms with E-state index in [-0.39, 0.29) is 42.1 Å². The molecule has 0 aromatic heterocycles. The number of hydrogen-bond donors (Lipinski definition) is 1. The minimum atomic E-state index is -0.175. The minimum absolute atomic E-state index is 0.0875. The molecule has 0 spiro atoms. The largest absolute Gasteiger partial charge is 0.352 e. The number of fused-ring (bicyclic) bond motifs is 3. The first kappa shape index (κ1) is 16.1. The second-order valence-electron chi connectivity index (χ2n) is 8.45. The van der Waals surface area contributed by atoms with Gasteiger partial charge in [-0.25, -0.2) is 0 Å². The van der Waals surface area contributed by atoms with E-state index in [1.54, 1.807) is 0 Å². The molecule has 4 aliphatic rings. The van der Waals surface area contributed by atoms with Gasteiger partial charge >= 0.3 is 0 Å². The maximum absolute atomic E-state index is 12.5. The molecular weight excluding hydrogens is 304 g/mol. The number of imide groups is 1. The number of nitrogens with one attached hydrogen (secondary N) is 1. The van der Waals surface area contributed by atoms with Crippen molar-refractivity contribution < 1.29 is 14.4 Å². The van der Waals surface area contributed by atoms with Crippen LogP contribution in [-0.4, -0.2) is 35.2 Å². The Labute approximate surface area is 143 Å². The van der Waals surface area contributed by atoms with Crippen molar-refractivity contribution in [3.05, 3.63) is 0 Å². The maximum atomic E-state index is 12.5. The Morgan fingerprint density at radius 1 is 1.08 bits per heavy atom. The van der Waals surface area contributed by atoms with E-state index in [1.165, 1.54) is 30.6 Å². The molecule has 4 fully saturated rings. The first-order valence-corrected chi connectivity index (χ1v) is 9.69. The van der Waals surface area contributed by atoms with Gasteiger partial charge in [-0.1, -0.05) is 19.3 Å². The molecule has 0 aromatic rings. The molecule has 5 heteroatoms. The molecule has 1 N–H and O–H groups in total. The lowest BCUT2D eigenvalue weighted by Crippen LogP contribution is -2.46. The molecule has 0 radical (unpaired) electrons. The molecule has 5 nitrogen and oxygen atoms in total. The summed E-state index contributed by atoms with van der Waals surface area (Å²) in [6.45, 7) is 1.99. The van der Waals surface area contributed by atoms with E-state index in [0.717, 1.165) is 37.5 Å². The average molecular weight is 332 g/mol. The summed E-state index contributed by atoms with van der Waals surface area (Å²) in [6.07, 6.45) is 8.81. The van der Waals surface area contributed by atoms with Gasteiger partial charge in [0.05, 0.1) is 11.8 Å². The molecule has 3 aliphatic carbocycles. The first-order valence-electron chi connectivity index (χ1n) is 9.69. The molecular formula is C19H28N2O3. The Bertz CT molecular complexity index is 537. The molecule has 0 aromatic carbocycles. The van der Waals surface area contributed by atoms with E-state index in [1.807, 2.05) is 0 Å². The predicted molar refractivity (Wildman–Crippen MR) is 88.7 cm³/mol. The number of likely N-dealkylation sites (tertiary alicyclic amines) is 1. The van der Waals surface area contributed by atoms with Crippen molar-refractivity contribution in [1.29, 1.82) is 0 Å². The highest BCUT2D eigenvalue weighted by Crippen LogP contribution is 2.49. The number of hydrogen-bond acceptors (Lipinski definition) is 3. The van der Waals surface area contributed by atoms with Crippen molar-refractivity contribution in [3.63, 3.8) is 0 Å². The highest BCUT2D eigenvalue weighted by molar-refractivity contribution is 6.07. The van der Waals surface area contributed by atoms with Crippen LogP contribution in [0.4, 0.5) is 0 Å². The highest BCUT2D eigenvalue weighted by atomic mass is 16.2. The Hall–Kier alpha value is -1.39. The quantitative estimate of drug-likeness (QED) is 0.802. The van der Waals surface area contributed by atoms with Crippen molar-refractivity contribution in [3.8, 4) is 0 Å². The number of carbonyl (C=O) groups is 3. The van der Waals surface area contributed by atoms with Gasteiger partial charge in [-0.15, -0.1) is 0 Å². The number of carbonyl (C=O) groups excluding carboxylic acids is 3. The summed E-state index contributed by atoms with van der Waals surface area (Å²) < 4.78 is 0. The fourth-order valence-corrected chi connectivity index (χ4v) is 5.84. The molecule has 1 heterocycles. The highest BCUT2D eigenvalue weighted by Gasteiger charge is 2.49. The summed E-state index contributed by atoms with van der Waals surface area (Å²) in [5.74, 6) is 1.43. The summed E-state index contributed by atoms with van der Waals surface area (Å²) >= 11 is 0. The van der Waals surface area contributed by atoms with Gasteiger partial charge in [-0.3, -0.25) is 19.3 Å². The van der Waals surface area contributed by atoms with Crippen molar-refractivity contribution in [2.75, 3.05) is 6.54 Å². The van der Waals surface area contributed by atoms with E-state index in [9.17, 15) is 14.4 Å². The first-order chi connectivity index (χ1) is 11.5. The van der Waals surface area contributed by atoms with Crippen molar-refractivity contribution in [2.24, 2.45) is 29.6 Å². The second kappa shape index (κ2) is 6.16. The zero-order valence-electron chi connectivity index (χ0n) is 14.5. The van der Waals surface area contributed by atoms with Crippen molar-refractivity contribution in [2.45, 2.75) is 64.3 Å². The molecule has 132 valence electrons. The van der Waals surface area contributed by atoms with Crippen LogP contribution in [0, 0.1) is 29.6 Å². The van der Waals surface area contributed by atoms with Crippen LogP contribution in [0.1, 0.15) is 58.3 Å².